The fourth-order valence-corrected chi connectivity index (χ4v) is 1.63. The molecule has 0 aromatic heterocycles. The van der Waals surface area contributed by atoms with Gasteiger partial charge in [-0.2, -0.15) is 0 Å². The van der Waals surface area contributed by atoms with E-state index in [1.165, 1.54) is 0 Å². The summed E-state index contributed by atoms with van der Waals surface area (Å²) in [5.74, 6) is 0. The molecule has 0 unspecified atom stereocenters. The van der Waals surface area contributed by atoms with E-state index >= 15 is 0 Å². The molecule has 1 saturated heterocycles. The molecular weight excluding hydrogens is 217 g/mol. The van der Waals surface area contributed by atoms with Crippen molar-refractivity contribution in [3.8, 4) is 0 Å². The molecule has 0 bridgehead atoms. The third-order valence-electron chi connectivity index (χ3n) is 1.28. The number of rotatable bonds is 1. The molecule has 2 nitrogen and oxygen atoms in total. The lowest BCUT2D eigenvalue weighted by Gasteiger charge is -1.94. The van der Waals surface area contributed by atoms with Gasteiger partial charge in [0.25, 0.3) is 0 Å². The van der Waals surface area contributed by atoms with Crippen LogP contribution in [0.25, 0.3) is 0 Å². The number of carbonyl (C=O) groups excluding carboxylic acids is 1. The molecule has 0 aromatic carbocycles. The first-order valence-electron chi connectivity index (χ1n) is 2.65. The number of nitrogens with one attached hydrogen (secondary N) is 1. The topological polar surface area (TPSA) is 29.1 Å². The summed E-state index contributed by atoms with van der Waals surface area (Å²) >= 11 is 2.35. The van der Waals surface area contributed by atoms with Crippen LogP contribution < -0.4 is 5.32 Å². The molecule has 2 atom stereocenters. The predicted octanol–water partition coefficient (Wildman–Crippen LogP) is 0.351. The SMILES string of the molecule is O=C[C@@H]1C[C@@H](I)CN1. The van der Waals surface area contributed by atoms with Gasteiger partial charge in [-0.3, -0.25) is 0 Å². The van der Waals surface area contributed by atoms with E-state index in [0.717, 1.165) is 19.3 Å². The quantitative estimate of drug-likeness (QED) is 0.396. The summed E-state index contributed by atoms with van der Waals surface area (Å²) in [6.07, 6.45) is 1.99. The molecule has 0 radical (unpaired) electrons. The summed E-state index contributed by atoms with van der Waals surface area (Å²) in [5, 5.41) is 3.08. The maximum Gasteiger partial charge on any atom is 0.136 e. The third kappa shape index (κ3) is 1.42. The predicted molar refractivity (Wildman–Crippen MR) is 40.3 cm³/mol. The second kappa shape index (κ2) is 2.77. The smallest absolute Gasteiger partial charge is 0.136 e. The van der Waals surface area contributed by atoms with Crippen LogP contribution in [-0.4, -0.2) is 22.8 Å². The number of carbonyl (C=O) groups is 1. The second-order valence-electron chi connectivity index (χ2n) is 1.98. The summed E-state index contributed by atoms with van der Waals surface area (Å²) in [5.41, 5.74) is 0. The zero-order valence-corrected chi connectivity index (χ0v) is 6.59. The molecule has 1 aliphatic rings. The van der Waals surface area contributed by atoms with E-state index in [-0.39, 0.29) is 6.04 Å². The number of aldehydes is 1. The van der Waals surface area contributed by atoms with E-state index in [2.05, 4.69) is 27.9 Å². The number of hydrogen-bond donors (Lipinski definition) is 1. The van der Waals surface area contributed by atoms with Crippen LogP contribution in [0, 0.1) is 0 Å². The molecule has 0 amide bonds. The van der Waals surface area contributed by atoms with Gasteiger partial charge < -0.3 is 10.1 Å². The van der Waals surface area contributed by atoms with Crippen molar-refractivity contribution in [1.82, 2.24) is 5.32 Å². The lowest BCUT2D eigenvalue weighted by molar-refractivity contribution is -0.109. The van der Waals surface area contributed by atoms with Gasteiger partial charge in [0.1, 0.15) is 6.29 Å². The second-order valence-corrected chi connectivity index (χ2v) is 3.75. The molecular formula is C5H8INO. The van der Waals surface area contributed by atoms with Crippen molar-refractivity contribution in [2.75, 3.05) is 6.54 Å². The van der Waals surface area contributed by atoms with E-state index < -0.39 is 0 Å². The Hall–Kier alpha value is 0.360. The number of alkyl halides is 1. The molecule has 0 aromatic rings. The Morgan fingerprint density at radius 3 is 2.75 bits per heavy atom. The zero-order valence-electron chi connectivity index (χ0n) is 4.43. The minimum atomic E-state index is 0.136. The minimum Gasteiger partial charge on any atom is -0.307 e. The maximum absolute atomic E-state index is 10.1. The summed E-state index contributed by atoms with van der Waals surface area (Å²) in [6, 6.07) is 0.136. The van der Waals surface area contributed by atoms with Crippen LogP contribution in [0.5, 0.6) is 0 Å². The van der Waals surface area contributed by atoms with E-state index in [1.807, 2.05) is 0 Å². The van der Waals surface area contributed by atoms with Crippen LogP contribution in [0.15, 0.2) is 0 Å². The van der Waals surface area contributed by atoms with Gasteiger partial charge in [-0.15, -0.1) is 0 Å². The van der Waals surface area contributed by atoms with E-state index in [4.69, 9.17) is 0 Å². The van der Waals surface area contributed by atoms with Crippen molar-refractivity contribution in [3.63, 3.8) is 0 Å². The van der Waals surface area contributed by atoms with E-state index in [9.17, 15) is 4.79 Å². The van der Waals surface area contributed by atoms with Crippen LogP contribution >= 0.6 is 22.6 Å². The van der Waals surface area contributed by atoms with Gasteiger partial charge in [0.05, 0.1) is 6.04 Å². The van der Waals surface area contributed by atoms with E-state index in [0.29, 0.717) is 3.92 Å². The van der Waals surface area contributed by atoms with Crippen molar-refractivity contribution in [1.29, 1.82) is 0 Å². The average Bonchev–Trinajstić information content (AvgIpc) is 2.14. The van der Waals surface area contributed by atoms with Crippen molar-refractivity contribution >= 4 is 28.9 Å². The van der Waals surface area contributed by atoms with Gasteiger partial charge in [-0.1, -0.05) is 22.6 Å². The number of halogens is 1. The lowest BCUT2D eigenvalue weighted by Crippen LogP contribution is -2.22. The van der Waals surface area contributed by atoms with Gasteiger partial charge in [0.15, 0.2) is 0 Å². The van der Waals surface area contributed by atoms with Crippen LogP contribution in [0.1, 0.15) is 6.42 Å². The third-order valence-corrected chi connectivity index (χ3v) is 2.22. The molecule has 0 aliphatic carbocycles. The molecule has 0 spiro atoms. The maximum atomic E-state index is 10.1. The normalized spacial score (nSPS) is 37.6. The summed E-state index contributed by atoms with van der Waals surface area (Å²) in [6.45, 7) is 0.990. The average molecular weight is 225 g/mol. The Labute approximate surface area is 62.2 Å². The largest absolute Gasteiger partial charge is 0.307 e. The first-order valence-corrected chi connectivity index (χ1v) is 3.90. The van der Waals surface area contributed by atoms with Crippen molar-refractivity contribution in [2.24, 2.45) is 0 Å². The highest BCUT2D eigenvalue weighted by atomic mass is 127. The fraction of sp³-hybridized carbons (Fsp3) is 0.800. The fourth-order valence-electron chi connectivity index (χ4n) is 0.825. The first kappa shape index (κ1) is 6.48. The summed E-state index contributed by atoms with van der Waals surface area (Å²) in [4.78, 5) is 10.1. The molecule has 1 rings (SSSR count). The van der Waals surface area contributed by atoms with Crippen LogP contribution in [-0.2, 0) is 4.79 Å². The van der Waals surface area contributed by atoms with Crippen molar-refractivity contribution in [2.45, 2.75) is 16.4 Å². The standard InChI is InChI=1S/C5H8INO/c6-4-1-5(3-8)7-2-4/h3-5,7H,1-2H2/t4-,5+/m1/s1. The minimum absolute atomic E-state index is 0.136. The highest BCUT2D eigenvalue weighted by Gasteiger charge is 2.19. The van der Waals surface area contributed by atoms with Gasteiger partial charge in [-0.25, -0.2) is 0 Å². The molecule has 1 fully saturated rings. The molecule has 3 heteroatoms. The van der Waals surface area contributed by atoms with Crippen LogP contribution in [0.4, 0.5) is 0 Å². The monoisotopic (exact) mass is 225 g/mol. The Kier molecular flexibility index (Phi) is 2.25. The highest BCUT2D eigenvalue weighted by molar-refractivity contribution is 14.1. The van der Waals surface area contributed by atoms with Crippen molar-refractivity contribution < 1.29 is 4.79 Å². The summed E-state index contributed by atoms with van der Waals surface area (Å²) in [7, 11) is 0. The van der Waals surface area contributed by atoms with Gasteiger partial charge >= 0.3 is 0 Å². The van der Waals surface area contributed by atoms with Gasteiger partial charge in [0, 0.05) is 10.5 Å². The zero-order chi connectivity index (χ0) is 5.98. The van der Waals surface area contributed by atoms with Gasteiger partial charge in [0.2, 0.25) is 0 Å². The Bertz CT molecular complexity index is 96.4. The molecule has 46 valence electrons. The lowest BCUT2D eigenvalue weighted by atomic mass is 10.2. The molecule has 0 saturated carbocycles. The Morgan fingerprint density at radius 1 is 1.75 bits per heavy atom. The Morgan fingerprint density at radius 2 is 2.50 bits per heavy atom. The van der Waals surface area contributed by atoms with Gasteiger partial charge in [-0.05, 0) is 6.42 Å². The Balaban J connectivity index is 2.32. The highest BCUT2D eigenvalue weighted by Crippen LogP contribution is 2.12. The van der Waals surface area contributed by atoms with Crippen LogP contribution in [0.2, 0.25) is 0 Å². The first-order chi connectivity index (χ1) is 3.83. The number of hydrogen-bond acceptors (Lipinski definition) is 2. The molecule has 1 heterocycles. The van der Waals surface area contributed by atoms with Crippen LogP contribution in [0.3, 0.4) is 0 Å². The summed E-state index contributed by atoms with van der Waals surface area (Å²) < 4.78 is 0.655. The van der Waals surface area contributed by atoms with Crippen molar-refractivity contribution in [3.05, 3.63) is 0 Å². The molecule has 8 heavy (non-hydrogen) atoms. The molecule has 1 aliphatic heterocycles. The molecule has 1 N–H and O–H groups in total. The van der Waals surface area contributed by atoms with E-state index in [1.54, 1.807) is 0 Å².